The second kappa shape index (κ2) is 7.73. The third-order valence-electron chi connectivity index (χ3n) is 3.97. The van der Waals surface area contributed by atoms with E-state index in [1.165, 1.54) is 6.07 Å². The number of nitrogens with zero attached hydrogens (tertiary/aromatic N) is 2. The summed E-state index contributed by atoms with van der Waals surface area (Å²) in [5.41, 5.74) is 0.932. The number of hydrogen-bond donors (Lipinski definition) is 1. The molecule has 1 heterocycles. The van der Waals surface area contributed by atoms with Crippen LogP contribution in [-0.4, -0.2) is 36.0 Å². The van der Waals surface area contributed by atoms with E-state index in [4.69, 9.17) is 11.6 Å². The molecule has 6 heteroatoms. The molecule has 0 aromatic heterocycles. The monoisotopic (exact) mass is 311 g/mol. The molecule has 1 fully saturated rings. The van der Waals surface area contributed by atoms with Crippen LogP contribution in [0.5, 0.6) is 0 Å². The minimum Gasteiger partial charge on any atom is -0.314 e. The highest BCUT2D eigenvalue weighted by Crippen LogP contribution is 2.35. The van der Waals surface area contributed by atoms with Crippen molar-refractivity contribution in [3.8, 4) is 0 Å². The number of rotatable bonds is 6. The van der Waals surface area contributed by atoms with Crippen LogP contribution in [0.3, 0.4) is 0 Å². The normalized spacial score (nSPS) is 17.6. The second-order valence-corrected chi connectivity index (χ2v) is 5.84. The first kappa shape index (κ1) is 16.2. The Morgan fingerprint density at radius 3 is 2.76 bits per heavy atom. The standard InChI is InChI=1S/C15H22ClN3O2/c1-2-3-4-14(18-9-7-17-8-10-18)13-11-12(16)5-6-15(13)19(20)21/h5-6,11,14,17H,2-4,7-10H2,1H3/t14-/m1/s1. The van der Waals surface area contributed by atoms with Gasteiger partial charge in [-0.05, 0) is 18.6 Å². The van der Waals surface area contributed by atoms with Crippen LogP contribution >= 0.6 is 11.6 Å². The summed E-state index contributed by atoms with van der Waals surface area (Å²) >= 11 is 6.09. The number of piperazine rings is 1. The van der Waals surface area contributed by atoms with E-state index in [-0.39, 0.29) is 16.7 Å². The van der Waals surface area contributed by atoms with Crippen molar-refractivity contribution in [2.45, 2.75) is 32.2 Å². The Labute approximate surface area is 130 Å². The van der Waals surface area contributed by atoms with Gasteiger partial charge in [0.1, 0.15) is 0 Å². The molecular weight excluding hydrogens is 290 g/mol. The summed E-state index contributed by atoms with van der Waals surface area (Å²) < 4.78 is 0. The maximum atomic E-state index is 11.3. The van der Waals surface area contributed by atoms with Crippen molar-refractivity contribution in [3.05, 3.63) is 38.9 Å². The minimum atomic E-state index is -0.299. The van der Waals surface area contributed by atoms with E-state index in [1.54, 1.807) is 12.1 Å². The highest BCUT2D eigenvalue weighted by atomic mass is 35.5. The zero-order valence-electron chi connectivity index (χ0n) is 12.3. The predicted octanol–water partition coefficient (Wildman–Crippen LogP) is 3.38. The first-order valence-corrected chi connectivity index (χ1v) is 7.90. The van der Waals surface area contributed by atoms with Crippen molar-refractivity contribution >= 4 is 17.3 Å². The molecule has 0 unspecified atom stereocenters. The van der Waals surface area contributed by atoms with Gasteiger partial charge in [-0.3, -0.25) is 15.0 Å². The Balaban J connectivity index is 2.34. The third kappa shape index (κ3) is 4.15. The number of hydrogen-bond acceptors (Lipinski definition) is 4. The van der Waals surface area contributed by atoms with Crippen LogP contribution in [0, 0.1) is 10.1 Å². The summed E-state index contributed by atoms with van der Waals surface area (Å²) in [6, 6.07) is 4.96. The molecule has 0 spiro atoms. The molecule has 1 aliphatic heterocycles. The summed E-state index contributed by atoms with van der Waals surface area (Å²) in [4.78, 5) is 13.4. The number of nitro benzene ring substituents is 1. The van der Waals surface area contributed by atoms with Gasteiger partial charge < -0.3 is 5.32 Å². The number of unbranched alkanes of at least 4 members (excludes halogenated alkanes) is 1. The molecule has 1 aromatic carbocycles. The Bertz CT molecular complexity index is 490. The molecule has 0 saturated carbocycles. The van der Waals surface area contributed by atoms with E-state index in [2.05, 4.69) is 17.1 Å². The fourth-order valence-electron chi connectivity index (χ4n) is 2.88. The molecule has 0 amide bonds. The van der Waals surface area contributed by atoms with Crippen molar-refractivity contribution in [2.75, 3.05) is 26.2 Å². The van der Waals surface area contributed by atoms with Crippen LogP contribution in [0.4, 0.5) is 5.69 Å². The summed E-state index contributed by atoms with van der Waals surface area (Å²) in [6.45, 7) is 5.82. The van der Waals surface area contributed by atoms with Crippen LogP contribution in [0.25, 0.3) is 0 Å². The molecule has 116 valence electrons. The lowest BCUT2D eigenvalue weighted by Crippen LogP contribution is -2.45. The minimum absolute atomic E-state index is 0.0751. The molecule has 1 atom stereocenters. The van der Waals surface area contributed by atoms with Crippen molar-refractivity contribution in [3.63, 3.8) is 0 Å². The molecular formula is C15H22ClN3O2. The largest absolute Gasteiger partial charge is 0.314 e. The third-order valence-corrected chi connectivity index (χ3v) is 4.20. The van der Waals surface area contributed by atoms with Gasteiger partial charge >= 0.3 is 0 Å². The fourth-order valence-corrected chi connectivity index (χ4v) is 3.07. The predicted molar refractivity (Wildman–Crippen MR) is 84.8 cm³/mol. The van der Waals surface area contributed by atoms with Crippen LogP contribution < -0.4 is 5.32 Å². The van der Waals surface area contributed by atoms with Crippen molar-refractivity contribution in [1.29, 1.82) is 0 Å². The van der Waals surface area contributed by atoms with Gasteiger partial charge in [0.2, 0.25) is 0 Å². The number of nitro groups is 1. The average Bonchev–Trinajstić information content (AvgIpc) is 2.48. The highest BCUT2D eigenvalue weighted by molar-refractivity contribution is 6.30. The van der Waals surface area contributed by atoms with Crippen LogP contribution in [0.1, 0.15) is 37.8 Å². The summed E-state index contributed by atoms with van der Waals surface area (Å²) in [5, 5.41) is 15.2. The smallest absolute Gasteiger partial charge is 0.274 e. The van der Waals surface area contributed by atoms with Gasteiger partial charge in [0.25, 0.3) is 5.69 Å². The summed E-state index contributed by atoms with van der Waals surface area (Å²) in [7, 11) is 0. The van der Waals surface area contributed by atoms with Crippen molar-refractivity contribution in [2.24, 2.45) is 0 Å². The first-order valence-electron chi connectivity index (χ1n) is 7.52. The SMILES string of the molecule is CCCC[C@H](c1cc(Cl)ccc1[N+](=O)[O-])N1CCNCC1. The van der Waals surface area contributed by atoms with E-state index in [0.29, 0.717) is 5.02 Å². The molecule has 1 N–H and O–H groups in total. The molecule has 1 aromatic rings. The zero-order valence-corrected chi connectivity index (χ0v) is 13.1. The van der Waals surface area contributed by atoms with Gasteiger partial charge in [-0.1, -0.05) is 31.4 Å². The van der Waals surface area contributed by atoms with Crippen molar-refractivity contribution in [1.82, 2.24) is 10.2 Å². The summed E-state index contributed by atoms with van der Waals surface area (Å²) in [5.74, 6) is 0. The second-order valence-electron chi connectivity index (χ2n) is 5.40. The quantitative estimate of drug-likeness (QED) is 0.646. The Hall–Kier alpha value is -1.17. The van der Waals surface area contributed by atoms with E-state index < -0.39 is 0 Å². The lowest BCUT2D eigenvalue weighted by molar-refractivity contribution is -0.386. The molecule has 0 radical (unpaired) electrons. The molecule has 21 heavy (non-hydrogen) atoms. The first-order chi connectivity index (χ1) is 10.1. The lowest BCUT2D eigenvalue weighted by atomic mass is 9.97. The van der Waals surface area contributed by atoms with Gasteiger partial charge in [-0.2, -0.15) is 0 Å². The van der Waals surface area contributed by atoms with E-state index in [9.17, 15) is 10.1 Å². The maximum absolute atomic E-state index is 11.3. The maximum Gasteiger partial charge on any atom is 0.274 e. The molecule has 0 aliphatic carbocycles. The highest BCUT2D eigenvalue weighted by Gasteiger charge is 2.28. The number of benzene rings is 1. The van der Waals surface area contributed by atoms with Crippen LogP contribution in [0.2, 0.25) is 5.02 Å². The topological polar surface area (TPSA) is 58.4 Å². The van der Waals surface area contributed by atoms with E-state index in [1.807, 2.05) is 0 Å². The lowest BCUT2D eigenvalue weighted by Gasteiger charge is -2.35. The van der Waals surface area contributed by atoms with Crippen molar-refractivity contribution < 1.29 is 4.92 Å². The molecule has 0 bridgehead atoms. The molecule has 1 aliphatic rings. The molecule has 1 saturated heterocycles. The Kier molecular flexibility index (Phi) is 5.96. The van der Waals surface area contributed by atoms with Gasteiger partial charge in [0.05, 0.1) is 4.92 Å². The number of nitrogens with one attached hydrogen (secondary N) is 1. The van der Waals surface area contributed by atoms with E-state index >= 15 is 0 Å². The Morgan fingerprint density at radius 1 is 1.43 bits per heavy atom. The molecule has 2 rings (SSSR count). The number of halogens is 1. The molecule has 5 nitrogen and oxygen atoms in total. The average molecular weight is 312 g/mol. The summed E-state index contributed by atoms with van der Waals surface area (Å²) in [6.07, 6.45) is 3.06. The van der Waals surface area contributed by atoms with Gasteiger partial charge in [0, 0.05) is 48.9 Å². The van der Waals surface area contributed by atoms with Crippen LogP contribution in [-0.2, 0) is 0 Å². The zero-order chi connectivity index (χ0) is 15.2. The van der Waals surface area contributed by atoms with Crippen LogP contribution in [0.15, 0.2) is 18.2 Å². The fraction of sp³-hybridized carbons (Fsp3) is 0.600. The van der Waals surface area contributed by atoms with Gasteiger partial charge in [-0.15, -0.1) is 0 Å². The van der Waals surface area contributed by atoms with Gasteiger partial charge in [-0.25, -0.2) is 0 Å². The Morgan fingerprint density at radius 2 is 2.14 bits per heavy atom. The van der Waals surface area contributed by atoms with E-state index in [0.717, 1.165) is 51.0 Å². The van der Waals surface area contributed by atoms with Gasteiger partial charge in [0.15, 0.2) is 0 Å².